The largest absolute Gasteiger partial charge is 0.490 e. The van der Waals surface area contributed by atoms with Gasteiger partial charge >= 0.3 is 0 Å². The molecule has 1 unspecified atom stereocenters. The molecule has 1 atom stereocenters. The number of amides is 1. The van der Waals surface area contributed by atoms with Gasteiger partial charge in [0.25, 0.3) is 0 Å². The Morgan fingerprint density at radius 2 is 2.17 bits per heavy atom. The number of nitrogens with two attached hydrogens (primary N) is 1. The van der Waals surface area contributed by atoms with Gasteiger partial charge in [0.2, 0.25) is 5.91 Å². The highest BCUT2D eigenvalue weighted by atomic mass is 35.5. The second kappa shape index (κ2) is 7.48. The van der Waals surface area contributed by atoms with Crippen LogP contribution in [0.1, 0.15) is 28.6 Å². The van der Waals surface area contributed by atoms with Gasteiger partial charge in [-0.15, -0.1) is 0 Å². The first-order valence-electron chi connectivity index (χ1n) is 7.34. The molecule has 0 aliphatic carbocycles. The molecule has 0 saturated heterocycles. The average Bonchev–Trinajstić information content (AvgIpc) is 2.84. The predicted molar refractivity (Wildman–Crippen MR) is 89.7 cm³/mol. The normalized spacial score (nSPS) is 12.0. The summed E-state index contributed by atoms with van der Waals surface area (Å²) >= 11 is 6.08. The lowest BCUT2D eigenvalue weighted by Crippen LogP contribution is -2.36. The van der Waals surface area contributed by atoms with Crippen LogP contribution in [-0.2, 0) is 4.79 Å². The first kappa shape index (κ1) is 17.3. The number of benzene rings is 1. The van der Waals surface area contributed by atoms with Gasteiger partial charge in [0.1, 0.15) is 18.4 Å². The molecule has 1 aromatic carbocycles. The number of hydrogen-bond acceptors (Lipinski definition) is 4. The van der Waals surface area contributed by atoms with Crippen molar-refractivity contribution in [3.8, 4) is 5.75 Å². The topological polar surface area (TPSA) is 93.0 Å². The van der Waals surface area contributed by atoms with Gasteiger partial charge in [0, 0.05) is 11.3 Å². The molecule has 0 bridgehead atoms. The van der Waals surface area contributed by atoms with E-state index in [4.69, 9.17) is 22.1 Å². The van der Waals surface area contributed by atoms with E-state index in [9.17, 15) is 4.79 Å². The zero-order valence-electron chi connectivity index (χ0n) is 13.4. The Balaban J connectivity index is 1.86. The molecular weight excluding hydrogens is 316 g/mol. The quantitative estimate of drug-likeness (QED) is 0.705. The molecule has 0 spiro atoms. The molecule has 124 valence electrons. The molecule has 0 aliphatic heterocycles. The van der Waals surface area contributed by atoms with Crippen molar-refractivity contribution in [2.75, 3.05) is 13.2 Å². The number of halogens is 1. The van der Waals surface area contributed by atoms with Crippen molar-refractivity contribution in [3.05, 3.63) is 45.7 Å². The summed E-state index contributed by atoms with van der Waals surface area (Å²) in [5.74, 6) is 0.367. The van der Waals surface area contributed by atoms with Crippen molar-refractivity contribution in [2.45, 2.75) is 26.8 Å². The predicted octanol–water partition coefficient (Wildman–Crippen LogP) is 2.18. The second-order valence-corrected chi connectivity index (χ2v) is 5.76. The zero-order valence-corrected chi connectivity index (χ0v) is 14.2. The van der Waals surface area contributed by atoms with Crippen LogP contribution in [0.25, 0.3) is 0 Å². The molecule has 1 aromatic heterocycles. The second-order valence-electron chi connectivity index (χ2n) is 5.35. The van der Waals surface area contributed by atoms with E-state index in [-0.39, 0.29) is 5.91 Å². The van der Waals surface area contributed by atoms with Gasteiger partial charge in [0.15, 0.2) is 0 Å². The van der Waals surface area contributed by atoms with E-state index in [2.05, 4.69) is 15.5 Å². The summed E-state index contributed by atoms with van der Waals surface area (Å²) in [6.07, 6.45) is 0. The molecule has 0 aliphatic rings. The van der Waals surface area contributed by atoms with Gasteiger partial charge in [-0.2, -0.15) is 5.10 Å². The fourth-order valence-corrected chi connectivity index (χ4v) is 2.66. The lowest BCUT2D eigenvalue weighted by molar-refractivity contribution is -0.122. The van der Waals surface area contributed by atoms with Crippen LogP contribution < -0.4 is 15.8 Å². The molecule has 4 N–H and O–H groups in total. The van der Waals surface area contributed by atoms with E-state index in [0.717, 1.165) is 22.5 Å². The highest BCUT2D eigenvalue weighted by Crippen LogP contribution is 2.27. The summed E-state index contributed by atoms with van der Waals surface area (Å²) < 4.78 is 5.63. The summed E-state index contributed by atoms with van der Waals surface area (Å²) in [5.41, 5.74) is 9.20. The van der Waals surface area contributed by atoms with Gasteiger partial charge < -0.3 is 15.8 Å². The van der Waals surface area contributed by atoms with Gasteiger partial charge in [-0.1, -0.05) is 23.7 Å². The van der Waals surface area contributed by atoms with Crippen LogP contribution in [0.4, 0.5) is 0 Å². The minimum atomic E-state index is -0.754. The number of nitrogens with one attached hydrogen (secondary N) is 2. The highest BCUT2D eigenvalue weighted by molar-refractivity contribution is 6.32. The minimum Gasteiger partial charge on any atom is -0.490 e. The van der Waals surface area contributed by atoms with Gasteiger partial charge in [-0.25, -0.2) is 0 Å². The van der Waals surface area contributed by atoms with Gasteiger partial charge in [-0.05, 0) is 32.4 Å². The third-order valence-corrected chi connectivity index (χ3v) is 3.89. The number of carbonyl (C=O) groups excluding carboxylic acids is 1. The third-order valence-electron chi connectivity index (χ3n) is 3.59. The third kappa shape index (κ3) is 4.03. The number of aromatic amines is 1. The number of H-pyrrole nitrogens is 1. The van der Waals surface area contributed by atoms with Crippen LogP contribution in [0.2, 0.25) is 5.02 Å². The number of aryl methyl sites for hydroxylation is 3. The SMILES string of the molecule is Cc1cccc(Cl)c1OCCNC(=O)C(N)c1c(C)n[nH]c1C. The van der Waals surface area contributed by atoms with Crippen LogP contribution in [0, 0.1) is 20.8 Å². The molecule has 1 heterocycles. The van der Waals surface area contributed by atoms with Crippen molar-refractivity contribution < 1.29 is 9.53 Å². The Kier molecular flexibility index (Phi) is 5.63. The molecule has 1 amide bonds. The molecule has 23 heavy (non-hydrogen) atoms. The maximum Gasteiger partial charge on any atom is 0.241 e. The first-order chi connectivity index (χ1) is 10.9. The van der Waals surface area contributed by atoms with Crippen LogP contribution >= 0.6 is 11.6 Å². The Bertz CT molecular complexity index is 660. The molecular formula is C16H21ClN4O2. The Labute approximate surface area is 140 Å². The molecule has 6 nitrogen and oxygen atoms in total. The average molecular weight is 337 g/mol. The molecule has 2 rings (SSSR count). The van der Waals surface area contributed by atoms with Crippen LogP contribution in [0.5, 0.6) is 5.75 Å². The van der Waals surface area contributed by atoms with Crippen LogP contribution in [0.15, 0.2) is 18.2 Å². The zero-order chi connectivity index (χ0) is 17.0. The number of aromatic nitrogens is 2. The Morgan fingerprint density at radius 3 is 2.78 bits per heavy atom. The lowest BCUT2D eigenvalue weighted by Gasteiger charge is -2.14. The summed E-state index contributed by atoms with van der Waals surface area (Å²) in [5, 5.41) is 10.2. The maximum atomic E-state index is 12.1. The van der Waals surface area contributed by atoms with Crippen molar-refractivity contribution in [2.24, 2.45) is 5.73 Å². The molecule has 0 fully saturated rings. The smallest absolute Gasteiger partial charge is 0.241 e. The first-order valence-corrected chi connectivity index (χ1v) is 7.72. The maximum absolute atomic E-state index is 12.1. The van der Waals surface area contributed by atoms with Crippen molar-refractivity contribution >= 4 is 17.5 Å². The summed E-state index contributed by atoms with van der Waals surface area (Å²) in [6.45, 7) is 6.22. The number of carbonyl (C=O) groups is 1. The van der Waals surface area contributed by atoms with Crippen LogP contribution in [0.3, 0.4) is 0 Å². The fraction of sp³-hybridized carbons (Fsp3) is 0.375. The summed E-state index contributed by atoms with van der Waals surface area (Å²) in [7, 11) is 0. The fourth-order valence-electron chi connectivity index (χ4n) is 2.39. The lowest BCUT2D eigenvalue weighted by atomic mass is 10.1. The van der Waals surface area contributed by atoms with E-state index in [1.165, 1.54) is 0 Å². The molecule has 2 aromatic rings. The minimum absolute atomic E-state index is 0.267. The van der Waals surface area contributed by atoms with Crippen molar-refractivity contribution in [1.82, 2.24) is 15.5 Å². The van der Waals surface area contributed by atoms with E-state index in [1.54, 1.807) is 6.07 Å². The number of nitrogens with zero attached hydrogens (tertiary/aromatic N) is 1. The molecule has 0 saturated carbocycles. The number of para-hydroxylation sites is 1. The van der Waals surface area contributed by atoms with Gasteiger partial charge in [-0.3, -0.25) is 9.89 Å². The van der Waals surface area contributed by atoms with Crippen LogP contribution in [-0.4, -0.2) is 29.3 Å². The monoisotopic (exact) mass is 336 g/mol. The van der Waals surface area contributed by atoms with E-state index in [0.29, 0.717) is 23.9 Å². The Morgan fingerprint density at radius 1 is 1.43 bits per heavy atom. The molecule has 7 heteroatoms. The number of ether oxygens (including phenoxy) is 1. The number of hydrogen-bond donors (Lipinski definition) is 3. The summed E-state index contributed by atoms with van der Waals surface area (Å²) in [4.78, 5) is 12.1. The van der Waals surface area contributed by atoms with E-state index in [1.807, 2.05) is 32.9 Å². The molecule has 0 radical (unpaired) electrons. The number of rotatable bonds is 6. The Hall–Kier alpha value is -2.05. The van der Waals surface area contributed by atoms with E-state index < -0.39 is 6.04 Å². The standard InChI is InChI=1S/C16H21ClN4O2/c1-9-5-4-6-12(17)15(9)23-8-7-19-16(22)14(18)13-10(2)20-21-11(13)3/h4-6,14H,7-8,18H2,1-3H3,(H,19,22)(H,20,21). The van der Waals surface area contributed by atoms with Crippen molar-refractivity contribution in [3.63, 3.8) is 0 Å². The van der Waals surface area contributed by atoms with Crippen molar-refractivity contribution in [1.29, 1.82) is 0 Å². The van der Waals surface area contributed by atoms with E-state index >= 15 is 0 Å². The highest BCUT2D eigenvalue weighted by Gasteiger charge is 2.21. The van der Waals surface area contributed by atoms with Gasteiger partial charge in [0.05, 0.1) is 17.3 Å². The summed E-state index contributed by atoms with van der Waals surface area (Å²) in [6, 6.07) is 4.79.